The van der Waals surface area contributed by atoms with Gasteiger partial charge in [-0.15, -0.1) is 0 Å². The molecule has 0 unspecified atom stereocenters. The van der Waals surface area contributed by atoms with Gasteiger partial charge in [-0.2, -0.15) is 5.10 Å². The molecular weight excluding hydrogens is 266 g/mol. The van der Waals surface area contributed by atoms with Crippen LogP contribution in [-0.4, -0.2) is 45.4 Å². The summed E-state index contributed by atoms with van der Waals surface area (Å²) in [6, 6.07) is 0. The van der Waals surface area contributed by atoms with Gasteiger partial charge in [0.1, 0.15) is 0 Å². The Morgan fingerprint density at radius 3 is 2.57 bits per heavy atom. The third-order valence-electron chi connectivity index (χ3n) is 4.99. The first kappa shape index (κ1) is 16.0. The van der Waals surface area contributed by atoms with Gasteiger partial charge in [0.15, 0.2) is 0 Å². The van der Waals surface area contributed by atoms with E-state index in [-0.39, 0.29) is 17.9 Å². The second kappa shape index (κ2) is 6.60. The number of amides is 1. The van der Waals surface area contributed by atoms with Gasteiger partial charge in [-0.3, -0.25) is 9.48 Å². The van der Waals surface area contributed by atoms with Crippen LogP contribution in [0.25, 0.3) is 0 Å². The minimum atomic E-state index is 0.0384. The Bertz CT molecular complexity index is 482. The van der Waals surface area contributed by atoms with Crippen molar-refractivity contribution in [3.05, 3.63) is 17.5 Å². The molecule has 21 heavy (non-hydrogen) atoms. The van der Waals surface area contributed by atoms with Crippen LogP contribution in [0.3, 0.4) is 0 Å². The number of hydrogen-bond acceptors (Lipinski definition) is 3. The van der Waals surface area contributed by atoms with E-state index in [0.29, 0.717) is 6.42 Å². The summed E-state index contributed by atoms with van der Waals surface area (Å²) in [7, 11) is 1.90. The molecule has 0 aromatic carbocycles. The zero-order valence-electron chi connectivity index (χ0n) is 13.4. The van der Waals surface area contributed by atoms with Gasteiger partial charge in [-0.25, -0.2) is 0 Å². The average Bonchev–Trinajstić information content (AvgIpc) is 2.82. The summed E-state index contributed by atoms with van der Waals surface area (Å²) in [6.45, 7) is 5.90. The van der Waals surface area contributed by atoms with Gasteiger partial charge in [-0.05, 0) is 43.6 Å². The first-order valence-electron chi connectivity index (χ1n) is 7.87. The number of aliphatic hydroxyl groups is 1. The van der Waals surface area contributed by atoms with Gasteiger partial charge in [0.05, 0.1) is 5.69 Å². The molecule has 118 valence electrons. The second-order valence-electron chi connectivity index (χ2n) is 6.31. The van der Waals surface area contributed by atoms with Crippen molar-refractivity contribution in [2.45, 2.75) is 46.0 Å². The number of aryl methyl sites for hydroxylation is 3. The molecule has 0 spiro atoms. The largest absolute Gasteiger partial charge is 0.396 e. The molecule has 1 amide bonds. The van der Waals surface area contributed by atoms with E-state index in [1.165, 1.54) is 0 Å². The maximum atomic E-state index is 12.3. The topological polar surface area (TPSA) is 58.4 Å². The zero-order chi connectivity index (χ0) is 15.5. The number of likely N-dealkylation sites (tertiary alicyclic amines) is 1. The predicted octanol–water partition coefficient (Wildman–Crippen LogP) is 1.67. The number of piperidine rings is 1. The highest BCUT2D eigenvalue weighted by atomic mass is 16.3. The van der Waals surface area contributed by atoms with E-state index in [9.17, 15) is 9.90 Å². The third-order valence-corrected chi connectivity index (χ3v) is 4.99. The molecule has 0 bridgehead atoms. The highest BCUT2D eigenvalue weighted by molar-refractivity contribution is 5.76. The average molecular weight is 293 g/mol. The molecule has 1 saturated heterocycles. The molecule has 5 heteroatoms. The van der Waals surface area contributed by atoms with Crippen molar-refractivity contribution >= 4 is 5.91 Å². The van der Waals surface area contributed by atoms with Gasteiger partial charge in [0.2, 0.25) is 5.91 Å². The van der Waals surface area contributed by atoms with E-state index in [4.69, 9.17) is 0 Å². The molecule has 1 aromatic heterocycles. The number of aromatic nitrogens is 2. The van der Waals surface area contributed by atoms with Crippen molar-refractivity contribution in [2.75, 3.05) is 19.7 Å². The van der Waals surface area contributed by atoms with Crippen molar-refractivity contribution in [3.8, 4) is 0 Å². The molecule has 1 aromatic rings. The number of hydrogen-bond donors (Lipinski definition) is 1. The number of carbonyl (C=O) groups excluding carboxylic acids is 1. The highest BCUT2D eigenvalue weighted by Crippen LogP contribution is 2.34. The predicted molar refractivity (Wildman–Crippen MR) is 81.9 cm³/mol. The molecule has 0 atom stereocenters. The lowest BCUT2D eigenvalue weighted by Gasteiger charge is -2.40. The van der Waals surface area contributed by atoms with E-state index >= 15 is 0 Å². The number of aliphatic hydroxyl groups excluding tert-OH is 1. The Labute approximate surface area is 126 Å². The lowest BCUT2D eigenvalue weighted by molar-refractivity contribution is -0.134. The quantitative estimate of drug-likeness (QED) is 0.898. The summed E-state index contributed by atoms with van der Waals surface area (Å²) in [5, 5.41) is 13.8. The summed E-state index contributed by atoms with van der Waals surface area (Å²) in [4.78, 5) is 14.3. The van der Waals surface area contributed by atoms with E-state index in [0.717, 1.165) is 50.0 Å². The maximum Gasteiger partial charge on any atom is 0.222 e. The van der Waals surface area contributed by atoms with Crippen molar-refractivity contribution in [2.24, 2.45) is 12.5 Å². The van der Waals surface area contributed by atoms with E-state index in [1.54, 1.807) is 4.68 Å². The normalized spacial score (nSPS) is 18.0. The van der Waals surface area contributed by atoms with Crippen LogP contribution in [0.1, 0.15) is 43.9 Å². The highest BCUT2D eigenvalue weighted by Gasteiger charge is 2.33. The summed E-state index contributed by atoms with van der Waals surface area (Å²) in [5.74, 6) is 0.223. The summed E-state index contributed by atoms with van der Waals surface area (Å²) < 4.78 is 1.80. The van der Waals surface area contributed by atoms with Crippen LogP contribution in [0, 0.1) is 12.3 Å². The Kier molecular flexibility index (Phi) is 5.04. The third kappa shape index (κ3) is 3.64. The maximum absolute atomic E-state index is 12.3. The molecule has 1 N–H and O–H groups in total. The molecule has 2 rings (SSSR count). The summed E-state index contributed by atoms with van der Waals surface area (Å²) in [6.07, 6.45) is 6.11. The molecular formula is C16H27N3O2. The fourth-order valence-corrected chi connectivity index (χ4v) is 3.15. The summed E-state index contributed by atoms with van der Waals surface area (Å²) in [5.41, 5.74) is 2.20. The molecule has 1 aliphatic rings. The fourth-order valence-electron chi connectivity index (χ4n) is 3.15. The van der Waals surface area contributed by atoms with Crippen LogP contribution >= 0.6 is 0 Å². The minimum absolute atomic E-state index is 0.0384. The molecule has 0 radical (unpaired) electrons. The SMILES string of the molecule is CCC1(CO)CCN(C(=O)CCc2cn(C)nc2C)CC1. The van der Waals surface area contributed by atoms with Crippen LogP contribution in [0.4, 0.5) is 0 Å². The van der Waals surface area contributed by atoms with E-state index in [1.807, 2.05) is 25.1 Å². The van der Waals surface area contributed by atoms with Gasteiger partial charge < -0.3 is 10.0 Å². The molecule has 0 aliphatic carbocycles. The molecule has 1 aliphatic heterocycles. The zero-order valence-corrected chi connectivity index (χ0v) is 13.4. The van der Waals surface area contributed by atoms with Crippen molar-refractivity contribution in [3.63, 3.8) is 0 Å². The molecule has 1 fully saturated rings. The van der Waals surface area contributed by atoms with Gasteiger partial charge in [-0.1, -0.05) is 6.92 Å². The van der Waals surface area contributed by atoms with Crippen LogP contribution in [-0.2, 0) is 18.3 Å². The van der Waals surface area contributed by atoms with Crippen molar-refractivity contribution in [1.29, 1.82) is 0 Å². The smallest absolute Gasteiger partial charge is 0.222 e. The Morgan fingerprint density at radius 1 is 1.43 bits per heavy atom. The van der Waals surface area contributed by atoms with Gasteiger partial charge >= 0.3 is 0 Å². The van der Waals surface area contributed by atoms with Crippen LogP contribution in [0.5, 0.6) is 0 Å². The van der Waals surface area contributed by atoms with E-state index in [2.05, 4.69) is 12.0 Å². The van der Waals surface area contributed by atoms with Gasteiger partial charge in [0.25, 0.3) is 0 Å². The minimum Gasteiger partial charge on any atom is -0.396 e. The molecule has 2 heterocycles. The Morgan fingerprint density at radius 2 is 2.10 bits per heavy atom. The van der Waals surface area contributed by atoms with Crippen molar-refractivity contribution in [1.82, 2.24) is 14.7 Å². The number of rotatable bonds is 5. The first-order chi connectivity index (χ1) is 9.99. The second-order valence-corrected chi connectivity index (χ2v) is 6.31. The van der Waals surface area contributed by atoms with Crippen LogP contribution in [0.2, 0.25) is 0 Å². The molecule has 5 nitrogen and oxygen atoms in total. The molecule has 0 saturated carbocycles. The number of nitrogens with zero attached hydrogens (tertiary/aromatic N) is 3. The van der Waals surface area contributed by atoms with Gasteiger partial charge in [0, 0.05) is 39.4 Å². The first-order valence-corrected chi connectivity index (χ1v) is 7.87. The summed E-state index contributed by atoms with van der Waals surface area (Å²) >= 11 is 0. The Hall–Kier alpha value is -1.36. The Balaban J connectivity index is 1.84. The van der Waals surface area contributed by atoms with Crippen LogP contribution < -0.4 is 0 Å². The van der Waals surface area contributed by atoms with E-state index < -0.39 is 0 Å². The van der Waals surface area contributed by atoms with Crippen molar-refractivity contribution < 1.29 is 9.90 Å². The number of carbonyl (C=O) groups is 1. The lowest BCUT2D eigenvalue weighted by Crippen LogP contribution is -2.44. The standard InChI is InChI=1S/C16H27N3O2/c1-4-16(12-20)7-9-19(10-8-16)15(21)6-5-14-11-18(3)17-13(14)2/h11,20H,4-10,12H2,1-3H3. The lowest BCUT2D eigenvalue weighted by atomic mass is 9.77. The van der Waals surface area contributed by atoms with Crippen LogP contribution in [0.15, 0.2) is 6.20 Å². The monoisotopic (exact) mass is 293 g/mol. The fraction of sp³-hybridized carbons (Fsp3) is 0.750.